The molecule has 1 rings (SSSR count). The SMILES string of the molecule is CCCN(CC)C(=O)Cc1csc(N)n1. The van der Waals surface area contributed by atoms with E-state index in [0.29, 0.717) is 11.6 Å². The van der Waals surface area contributed by atoms with E-state index >= 15 is 0 Å². The predicted molar refractivity (Wildman–Crippen MR) is 62.8 cm³/mol. The molecule has 0 saturated carbocycles. The van der Waals surface area contributed by atoms with Crippen LogP contribution in [0.25, 0.3) is 0 Å². The highest BCUT2D eigenvalue weighted by molar-refractivity contribution is 7.13. The maximum Gasteiger partial charge on any atom is 0.228 e. The van der Waals surface area contributed by atoms with E-state index in [-0.39, 0.29) is 5.91 Å². The third-order valence-electron chi connectivity index (χ3n) is 2.13. The van der Waals surface area contributed by atoms with Gasteiger partial charge in [0.1, 0.15) is 0 Å². The van der Waals surface area contributed by atoms with Crippen LogP contribution >= 0.6 is 11.3 Å². The van der Waals surface area contributed by atoms with Crippen LogP contribution in [0.2, 0.25) is 0 Å². The van der Waals surface area contributed by atoms with E-state index in [1.165, 1.54) is 11.3 Å². The first-order chi connectivity index (χ1) is 7.17. The van der Waals surface area contributed by atoms with Gasteiger partial charge >= 0.3 is 0 Å². The molecule has 1 heterocycles. The highest BCUT2D eigenvalue weighted by atomic mass is 32.1. The topological polar surface area (TPSA) is 59.2 Å². The Morgan fingerprint density at radius 1 is 1.60 bits per heavy atom. The zero-order valence-electron chi connectivity index (χ0n) is 9.19. The van der Waals surface area contributed by atoms with Crippen LogP contribution in [0.5, 0.6) is 0 Å². The van der Waals surface area contributed by atoms with Crippen LogP contribution in [0.1, 0.15) is 26.0 Å². The van der Waals surface area contributed by atoms with E-state index in [4.69, 9.17) is 5.73 Å². The van der Waals surface area contributed by atoms with Gasteiger partial charge in [0, 0.05) is 18.5 Å². The molecule has 84 valence electrons. The predicted octanol–water partition coefficient (Wildman–Crippen LogP) is 1.53. The maximum atomic E-state index is 11.8. The second-order valence-electron chi connectivity index (χ2n) is 3.33. The van der Waals surface area contributed by atoms with Crippen LogP contribution in [0.3, 0.4) is 0 Å². The van der Waals surface area contributed by atoms with E-state index in [2.05, 4.69) is 11.9 Å². The van der Waals surface area contributed by atoms with Gasteiger partial charge in [-0.2, -0.15) is 0 Å². The number of carbonyl (C=O) groups is 1. The minimum atomic E-state index is 0.129. The van der Waals surface area contributed by atoms with Gasteiger partial charge in [0.2, 0.25) is 5.91 Å². The van der Waals surface area contributed by atoms with Crippen LogP contribution < -0.4 is 5.73 Å². The lowest BCUT2D eigenvalue weighted by atomic mass is 10.3. The van der Waals surface area contributed by atoms with Crippen molar-refractivity contribution >= 4 is 22.4 Å². The molecule has 0 radical (unpaired) electrons. The summed E-state index contributed by atoms with van der Waals surface area (Å²) in [6.45, 7) is 5.63. The highest BCUT2D eigenvalue weighted by Crippen LogP contribution is 2.12. The molecule has 1 amide bonds. The summed E-state index contributed by atoms with van der Waals surface area (Å²) in [5, 5.41) is 2.36. The van der Waals surface area contributed by atoms with Gasteiger partial charge in [-0.15, -0.1) is 11.3 Å². The molecule has 0 fully saturated rings. The number of rotatable bonds is 5. The van der Waals surface area contributed by atoms with Gasteiger partial charge < -0.3 is 10.6 Å². The van der Waals surface area contributed by atoms with Crippen molar-refractivity contribution in [2.24, 2.45) is 0 Å². The number of anilines is 1. The summed E-state index contributed by atoms with van der Waals surface area (Å²) >= 11 is 1.37. The lowest BCUT2D eigenvalue weighted by Crippen LogP contribution is -2.32. The average molecular weight is 227 g/mol. The van der Waals surface area contributed by atoms with Gasteiger partial charge in [0.15, 0.2) is 5.13 Å². The van der Waals surface area contributed by atoms with Crippen LogP contribution in [0.15, 0.2) is 5.38 Å². The molecule has 5 heteroatoms. The molecule has 0 aliphatic carbocycles. The number of amides is 1. The maximum absolute atomic E-state index is 11.8. The smallest absolute Gasteiger partial charge is 0.228 e. The fourth-order valence-corrected chi connectivity index (χ4v) is 1.96. The fraction of sp³-hybridized carbons (Fsp3) is 0.600. The Bertz CT molecular complexity index is 324. The van der Waals surface area contributed by atoms with Crippen molar-refractivity contribution in [1.29, 1.82) is 0 Å². The molecule has 0 atom stereocenters. The molecular formula is C10H17N3OS. The molecule has 0 aromatic carbocycles. The first-order valence-electron chi connectivity index (χ1n) is 5.15. The number of thiazole rings is 1. The largest absolute Gasteiger partial charge is 0.375 e. The Morgan fingerprint density at radius 3 is 2.80 bits per heavy atom. The molecule has 0 saturated heterocycles. The summed E-state index contributed by atoms with van der Waals surface area (Å²) in [4.78, 5) is 17.7. The van der Waals surface area contributed by atoms with E-state index in [0.717, 1.165) is 25.2 Å². The van der Waals surface area contributed by atoms with Gasteiger partial charge in [-0.05, 0) is 13.3 Å². The van der Waals surface area contributed by atoms with Crippen LogP contribution in [0, 0.1) is 0 Å². The molecule has 0 aliphatic rings. The molecule has 1 aromatic heterocycles. The first-order valence-corrected chi connectivity index (χ1v) is 6.03. The molecule has 4 nitrogen and oxygen atoms in total. The van der Waals surface area contributed by atoms with Gasteiger partial charge in [0.25, 0.3) is 0 Å². The Morgan fingerprint density at radius 2 is 2.33 bits per heavy atom. The van der Waals surface area contributed by atoms with Crippen molar-refractivity contribution in [1.82, 2.24) is 9.88 Å². The molecule has 0 unspecified atom stereocenters. The normalized spacial score (nSPS) is 10.3. The van der Waals surface area contributed by atoms with Crippen molar-refractivity contribution in [2.75, 3.05) is 18.8 Å². The first kappa shape index (κ1) is 12.0. The molecule has 1 aromatic rings. The molecule has 0 bridgehead atoms. The van der Waals surface area contributed by atoms with Gasteiger partial charge in [0.05, 0.1) is 12.1 Å². The third-order valence-corrected chi connectivity index (χ3v) is 2.85. The van der Waals surface area contributed by atoms with Gasteiger partial charge in [-0.25, -0.2) is 4.98 Å². The number of carbonyl (C=O) groups excluding carboxylic acids is 1. The summed E-state index contributed by atoms with van der Waals surface area (Å²) in [6.07, 6.45) is 1.35. The number of likely N-dealkylation sites (N-methyl/N-ethyl adjacent to an activating group) is 1. The van der Waals surface area contributed by atoms with Crippen molar-refractivity contribution in [3.8, 4) is 0 Å². The Balaban J connectivity index is 2.53. The number of hydrogen-bond acceptors (Lipinski definition) is 4. The minimum Gasteiger partial charge on any atom is -0.375 e. The zero-order chi connectivity index (χ0) is 11.3. The van der Waals surface area contributed by atoms with E-state index in [1.807, 2.05) is 17.2 Å². The molecule has 0 aliphatic heterocycles. The van der Waals surface area contributed by atoms with E-state index in [9.17, 15) is 4.79 Å². The molecule has 15 heavy (non-hydrogen) atoms. The minimum absolute atomic E-state index is 0.129. The lowest BCUT2D eigenvalue weighted by molar-refractivity contribution is -0.130. The number of nitrogens with two attached hydrogens (primary N) is 1. The summed E-state index contributed by atoms with van der Waals surface area (Å²) in [7, 11) is 0. The highest BCUT2D eigenvalue weighted by Gasteiger charge is 2.12. The fourth-order valence-electron chi connectivity index (χ4n) is 1.40. The summed E-state index contributed by atoms with van der Waals surface area (Å²) < 4.78 is 0. The van der Waals surface area contributed by atoms with E-state index in [1.54, 1.807) is 0 Å². The summed E-state index contributed by atoms with van der Waals surface area (Å²) in [5.41, 5.74) is 6.28. The quantitative estimate of drug-likeness (QED) is 0.829. The monoisotopic (exact) mass is 227 g/mol. The lowest BCUT2D eigenvalue weighted by Gasteiger charge is -2.19. The summed E-state index contributed by atoms with van der Waals surface area (Å²) in [5.74, 6) is 0.129. The standard InChI is InChI=1S/C10H17N3OS/c1-3-5-13(4-2)9(14)6-8-7-15-10(11)12-8/h7H,3-6H2,1-2H3,(H2,11,12). The van der Waals surface area contributed by atoms with Crippen molar-refractivity contribution in [3.05, 3.63) is 11.1 Å². The van der Waals surface area contributed by atoms with Gasteiger partial charge in [-0.1, -0.05) is 6.92 Å². The molecule has 0 spiro atoms. The molecule has 2 N–H and O–H groups in total. The summed E-state index contributed by atoms with van der Waals surface area (Å²) in [6, 6.07) is 0. The van der Waals surface area contributed by atoms with Crippen molar-refractivity contribution in [3.63, 3.8) is 0 Å². The Labute approximate surface area is 94.1 Å². The van der Waals surface area contributed by atoms with Crippen LogP contribution in [0.4, 0.5) is 5.13 Å². The molecular weight excluding hydrogens is 210 g/mol. The average Bonchev–Trinajstić information content (AvgIpc) is 2.60. The van der Waals surface area contributed by atoms with Gasteiger partial charge in [-0.3, -0.25) is 4.79 Å². The number of hydrogen-bond donors (Lipinski definition) is 1. The second kappa shape index (κ2) is 5.70. The van der Waals surface area contributed by atoms with Crippen LogP contribution in [-0.2, 0) is 11.2 Å². The second-order valence-corrected chi connectivity index (χ2v) is 4.22. The van der Waals surface area contributed by atoms with Crippen LogP contribution in [-0.4, -0.2) is 28.9 Å². The zero-order valence-corrected chi connectivity index (χ0v) is 10.0. The number of nitrogen functional groups attached to an aromatic ring is 1. The Kier molecular flexibility index (Phi) is 4.55. The third kappa shape index (κ3) is 3.51. The number of nitrogens with zero attached hydrogens (tertiary/aromatic N) is 2. The van der Waals surface area contributed by atoms with Crippen molar-refractivity contribution < 1.29 is 4.79 Å². The van der Waals surface area contributed by atoms with Crippen molar-refractivity contribution in [2.45, 2.75) is 26.7 Å². The number of aromatic nitrogens is 1. The van der Waals surface area contributed by atoms with E-state index < -0.39 is 0 Å². The Hall–Kier alpha value is -1.10.